The average Bonchev–Trinajstić information content (AvgIpc) is 2.56. The second-order valence-electron chi connectivity index (χ2n) is 4.96. The Morgan fingerprint density at radius 2 is 1.05 bits per heavy atom. The van der Waals surface area contributed by atoms with E-state index in [-0.39, 0.29) is 13.5 Å². The predicted molar refractivity (Wildman–Crippen MR) is 97.1 cm³/mol. The summed E-state index contributed by atoms with van der Waals surface area (Å²) in [5, 5.41) is 0. The van der Waals surface area contributed by atoms with Gasteiger partial charge in [0.2, 0.25) is 0 Å². The van der Waals surface area contributed by atoms with Crippen molar-refractivity contribution < 1.29 is 0 Å². The van der Waals surface area contributed by atoms with Gasteiger partial charge in [-0.05, 0) is 34.2 Å². The van der Waals surface area contributed by atoms with E-state index in [1.54, 1.807) is 0 Å². The van der Waals surface area contributed by atoms with Crippen molar-refractivity contribution in [3.63, 3.8) is 0 Å². The van der Waals surface area contributed by atoms with Crippen LogP contribution in [-0.4, -0.2) is 0 Å². The van der Waals surface area contributed by atoms with Crippen LogP contribution in [0.25, 0.3) is 22.3 Å². The summed E-state index contributed by atoms with van der Waals surface area (Å²) in [4.78, 5) is 0. The summed E-state index contributed by atoms with van der Waals surface area (Å²) in [5.41, 5.74) is 6.51. The molecule has 0 atom stereocenters. The Kier molecular flexibility index (Phi) is 5.24. The summed E-state index contributed by atoms with van der Waals surface area (Å²) in [5.74, 6) is 0. The first kappa shape index (κ1) is 15.4. The maximum Gasteiger partial charge on any atom is -0.0105 e. The first-order chi connectivity index (χ1) is 9.88. The number of rotatable bonds is 3. The summed E-state index contributed by atoms with van der Waals surface area (Å²) in [6, 6.07) is 28.1. The Balaban J connectivity index is 0.00000161. The molecular weight excluding hydrogens is 272 g/mol. The zero-order valence-electron chi connectivity index (χ0n) is 12.2. The molecular formula is C20H20S. The average molecular weight is 292 g/mol. The summed E-state index contributed by atoms with van der Waals surface area (Å²) in [7, 11) is 0. The molecule has 1 heteroatoms. The van der Waals surface area contributed by atoms with Crippen LogP contribution in [-0.2, 0) is 6.42 Å². The Morgan fingerprint density at radius 1 is 0.571 bits per heavy atom. The van der Waals surface area contributed by atoms with Crippen LogP contribution in [0.5, 0.6) is 0 Å². The molecule has 0 amide bonds. The van der Waals surface area contributed by atoms with Crippen LogP contribution < -0.4 is 0 Å². The van der Waals surface area contributed by atoms with Crippen molar-refractivity contribution in [2.45, 2.75) is 13.3 Å². The third-order valence-corrected chi connectivity index (χ3v) is 3.69. The van der Waals surface area contributed by atoms with E-state index >= 15 is 0 Å². The van der Waals surface area contributed by atoms with Gasteiger partial charge in [-0.1, -0.05) is 85.8 Å². The molecule has 0 aromatic heterocycles. The SMILES string of the molecule is CCc1ccc(-c2ccccc2-c2ccccc2)cc1.S. The number of hydrogen-bond acceptors (Lipinski definition) is 0. The van der Waals surface area contributed by atoms with Gasteiger partial charge in [0, 0.05) is 0 Å². The molecule has 0 N–H and O–H groups in total. The van der Waals surface area contributed by atoms with E-state index in [0.29, 0.717) is 0 Å². The van der Waals surface area contributed by atoms with Gasteiger partial charge in [0.25, 0.3) is 0 Å². The second kappa shape index (κ2) is 7.14. The quantitative estimate of drug-likeness (QED) is 0.581. The third kappa shape index (κ3) is 3.37. The molecule has 0 aliphatic rings. The largest absolute Gasteiger partial charge is 0.197 e. The smallest absolute Gasteiger partial charge is 0.0105 e. The van der Waals surface area contributed by atoms with E-state index in [9.17, 15) is 0 Å². The second-order valence-corrected chi connectivity index (χ2v) is 4.96. The minimum Gasteiger partial charge on any atom is -0.197 e. The first-order valence-electron chi connectivity index (χ1n) is 7.12. The molecule has 3 aromatic rings. The van der Waals surface area contributed by atoms with E-state index < -0.39 is 0 Å². The van der Waals surface area contributed by atoms with Crippen LogP contribution in [0.4, 0.5) is 0 Å². The topological polar surface area (TPSA) is 0 Å². The summed E-state index contributed by atoms with van der Waals surface area (Å²) >= 11 is 0. The lowest BCUT2D eigenvalue weighted by molar-refractivity contribution is 1.14. The van der Waals surface area contributed by atoms with E-state index in [0.717, 1.165) is 6.42 Å². The summed E-state index contributed by atoms with van der Waals surface area (Å²) in [6.07, 6.45) is 1.08. The van der Waals surface area contributed by atoms with Gasteiger partial charge in [0.05, 0.1) is 0 Å². The highest BCUT2D eigenvalue weighted by atomic mass is 32.1. The van der Waals surface area contributed by atoms with Crippen LogP contribution >= 0.6 is 13.5 Å². The fourth-order valence-corrected chi connectivity index (χ4v) is 2.52. The van der Waals surface area contributed by atoms with Crippen LogP contribution in [0, 0.1) is 0 Å². The monoisotopic (exact) mass is 292 g/mol. The lowest BCUT2D eigenvalue weighted by Crippen LogP contribution is -1.86. The van der Waals surface area contributed by atoms with Crippen LogP contribution in [0.3, 0.4) is 0 Å². The van der Waals surface area contributed by atoms with E-state index in [2.05, 4.69) is 85.8 Å². The fourth-order valence-electron chi connectivity index (χ4n) is 2.52. The molecule has 3 aromatic carbocycles. The number of benzene rings is 3. The molecule has 0 heterocycles. The standard InChI is InChI=1S/C20H18.H2S/c1-2-16-12-14-18(15-13-16)20-11-7-6-10-19(20)17-8-4-3-5-9-17;/h3-15H,2H2,1H3;1H2. The molecule has 0 unspecified atom stereocenters. The molecule has 3 rings (SSSR count). The van der Waals surface area contributed by atoms with Gasteiger partial charge < -0.3 is 0 Å². The number of aryl methyl sites for hydroxylation is 1. The van der Waals surface area contributed by atoms with Gasteiger partial charge in [-0.2, -0.15) is 13.5 Å². The van der Waals surface area contributed by atoms with E-state index in [1.807, 2.05) is 0 Å². The maximum absolute atomic E-state index is 2.22. The first-order valence-corrected chi connectivity index (χ1v) is 7.12. The Hall–Kier alpha value is -1.99. The van der Waals surface area contributed by atoms with Crippen LogP contribution in [0.1, 0.15) is 12.5 Å². The van der Waals surface area contributed by atoms with E-state index in [4.69, 9.17) is 0 Å². The lowest BCUT2D eigenvalue weighted by atomic mass is 9.94. The van der Waals surface area contributed by atoms with Gasteiger partial charge in [-0.15, -0.1) is 0 Å². The number of hydrogen-bond donors (Lipinski definition) is 0. The highest BCUT2D eigenvalue weighted by Gasteiger charge is 2.06. The molecule has 0 fully saturated rings. The molecule has 0 radical (unpaired) electrons. The highest BCUT2D eigenvalue weighted by Crippen LogP contribution is 2.31. The van der Waals surface area contributed by atoms with Crippen molar-refractivity contribution in [3.05, 3.63) is 84.4 Å². The highest BCUT2D eigenvalue weighted by molar-refractivity contribution is 7.59. The predicted octanol–water partition coefficient (Wildman–Crippen LogP) is 5.70. The van der Waals surface area contributed by atoms with Crippen molar-refractivity contribution in [1.29, 1.82) is 0 Å². The lowest BCUT2D eigenvalue weighted by Gasteiger charge is -2.10. The Morgan fingerprint density at radius 3 is 1.57 bits per heavy atom. The Labute approximate surface area is 133 Å². The summed E-state index contributed by atoms with van der Waals surface area (Å²) < 4.78 is 0. The van der Waals surface area contributed by atoms with Crippen molar-refractivity contribution >= 4 is 13.5 Å². The maximum atomic E-state index is 2.22. The molecule has 0 aliphatic carbocycles. The molecule has 0 saturated carbocycles. The van der Waals surface area contributed by atoms with Gasteiger partial charge in [0.15, 0.2) is 0 Å². The normalized spacial score (nSPS) is 9.95. The van der Waals surface area contributed by atoms with Crippen molar-refractivity contribution in [3.8, 4) is 22.3 Å². The minimum atomic E-state index is 0. The van der Waals surface area contributed by atoms with Crippen molar-refractivity contribution in [2.24, 2.45) is 0 Å². The molecule has 0 saturated heterocycles. The molecule has 0 nitrogen and oxygen atoms in total. The van der Waals surface area contributed by atoms with E-state index in [1.165, 1.54) is 27.8 Å². The zero-order chi connectivity index (χ0) is 13.8. The zero-order valence-corrected chi connectivity index (χ0v) is 13.2. The minimum absolute atomic E-state index is 0. The van der Waals surface area contributed by atoms with Crippen molar-refractivity contribution in [2.75, 3.05) is 0 Å². The van der Waals surface area contributed by atoms with Gasteiger partial charge in [-0.3, -0.25) is 0 Å². The molecule has 106 valence electrons. The molecule has 0 spiro atoms. The Bertz CT molecular complexity index is 685. The third-order valence-electron chi connectivity index (χ3n) is 3.69. The van der Waals surface area contributed by atoms with Crippen LogP contribution in [0.2, 0.25) is 0 Å². The fraction of sp³-hybridized carbons (Fsp3) is 0.100. The van der Waals surface area contributed by atoms with Gasteiger partial charge in [-0.25, -0.2) is 0 Å². The molecule has 0 aliphatic heterocycles. The molecule has 0 bridgehead atoms. The molecule has 21 heavy (non-hydrogen) atoms. The van der Waals surface area contributed by atoms with Crippen molar-refractivity contribution in [1.82, 2.24) is 0 Å². The van der Waals surface area contributed by atoms with Crippen LogP contribution in [0.15, 0.2) is 78.9 Å². The van der Waals surface area contributed by atoms with Gasteiger partial charge in [0.1, 0.15) is 0 Å². The van der Waals surface area contributed by atoms with Gasteiger partial charge >= 0.3 is 0 Å². The summed E-state index contributed by atoms with van der Waals surface area (Å²) in [6.45, 7) is 2.19.